The lowest BCUT2D eigenvalue weighted by Crippen LogP contribution is -2.18. The summed E-state index contributed by atoms with van der Waals surface area (Å²) in [6, 6.07) is 4.33. The highest BCUT2D eigenvalue weighted by molar-refractivity contribution is 9.09. The van der Waals surface area contributed by atoms with Crippen molar-refractivity contribution in [2.45, 2.75) is 50.3 Å². The van der Waals surface area contributed by atoms with E-state index in [2.05, 4.69) is 77.3 Å². The summed E-state index contributed by atoms with van der Waals surface area (Å²) in [6.45, 7) is 4.49. The van der Waals surface area contributed by atoms with E-state index >= 15 is 0 Å². The Hall–Kier alpha value is -1.41. The molecule has 0 radical (unpaired) electrons. The van der Waals surface area contributed by atoms with Gasteiger partial charge in [0, 0.05) is 28.6 Å². The predicted octanol–water partition coefficient (Wildman–Crippen LogP) is 6.51. The SMILES string of the molecule is CCC1=CC(Br)C2(C=C1)CC2CC1=CC=C(C)C(c2ccncc2)C1. The molecule has 130 valence electrons. The van der Waals surface area contributed by atoms with Crippen LogP contribution in [0, 0.1) is 11.3 Å². The molecule has 0 bridgehead atoms. The van der Waals surface area contributed by atoms with Crippen molar-refractivity contribution < 1.29 is 0 Å². The lowest BCUT2D eigenvalue weighted by Gasteiger charge is -2.26. The molecule has 1 heterocycles. The molecule has 4 atom stereocenters. The maximum atomic E-state index is 4.17. The Morgan fingerprint density at radius 2 is 2.04 bits per heavy atom. The Morgan fingerprint density at radius 1 is 1.24 bits per heavy atom. The van der Waals surface area contributed by atoms with Crippen LogP contribution in [0.15, 0.2) is 71.6 Å². The van der Waals surface area contributed by atoms with Crippen LogP contribution in [0.3, 0.4) is 0 Å². The van der Waals surface area contributed by atoms with Crippen molar-refractivity contribution >= 4 is 15.9 Å². The summed E-state index contributed by atoms with van der Waals surface area (Å²) in [7, 11) is 0. The molecule has 3 aliphatic carbocycles. The van der Waals surface area contributed by atoms with Gasteiger partial charge in [-0.15, -0.1) is 0 Å². The molecule has 1 nitrogen and oxygen atoms in total. The minimum absolute atomic E-state index is 0.363. The van der Waals surface area contributed by atoms with Crippen molar-refractivity contribution in [1.29, 1.82) is 0 Å². The molecular weight excluding hydrogens is 370 g/mol. The summed E-state index contributed by atoms with van der Waals surface area (Å²) in [4.78, 5) is 4.67. The van der Waals surface area contributed by atoms with Crippen LogP contribution in [0.4, 0.5) is 0 Å². The van der Waals surface area contributed by atoms with Crippen LogP contribution in [-0.4, -0.2) is 9.81 Å². The Balaban J connectivity index is 1.45. The molecule has 0 N–H and O–H groups in total. The highest BCUT2D eigenvalue weighted by Gasteiger charge is 2.56. The van der Waals surface area contributed by atoms with Gasteiger partial charge in [0.05, 0.1) is 0 Å². The van der Waals surface area contributed by atoms with Crippen molar-refractivity contribution in [3.63, 3.8) is 0 Å². The van der Waals surface area contributed by atoms with Crippen molar-refractivity contribution in [2.24, 2.45) is 11.3 Å². The van der Waals surface area contributed by atoms with Gasteiger partial charge in [-0.05, 0) is 56.2 Å². The standard InChI is InChI=1S/C23H26BrN/c1-3-17-6-9-23(22(24)14-17)15-20(23)12-18-5-4-16(2)21(13-18)19-7-10-25-11-8-19/h4-11,14,20-22H,3,12-13,15H2,1-2H3. The molecule has 1 aromatic rings. The van der Waals surface area contributed by atoms with E-state index < -0.39 is 0 Å². The van der Waals surface area contributed by atoms with E-state index in [4.69, 9.17) is 0 Å². The monoisotopic (exact) mass is 395 g/mol. The van der Waals surface area contributed by atoms with Crippen LogP contribution >= 0.6 is 15.9 Å². The van der Waals surface area contributed by atoms with Gasteiger partial charge in [-0.25, -0.2) is 0 Å². The molecule has 25 heavy (non-hydrogen) atoms. The molecule has 3 aliphatic rings. The van der Waals surface area contributed by atoms with E-state index in [0.717, 1.165) is 18.8 Å². The minimum Gasteiger partial charge on any atom is -0.265 e. The number of alkyl halides is 1. The zero-order valence-corrected chi connectivity index (χ0v) is 16.7. The molecule has 1 spiro atoms. The summed E-state index contributed by atoms with van der Waals surface area (Å²) in [6.07, 6.45) is 20.6. The summed E-state index contributed by atoms with van der Waals surface area (Å²) in [5.41, 5.74) is 6.29. The van der Waals surface area contributed by atoms with Gasteiger partial charge in [0.25, 0.3) is 0 Å². The van der Waals surface area contributed by atoms with Crippen LogP contribution in [-0.2, 0) is 0 Å². The quantitative estimate of drug-likeness (QED) is 0.529. The van der Waals surface area contributed by atoms with Crippen LogP contribution < -0.4 is 0 Å². The second kappa shape index (κ2) is 6.72. The van der Waals surface area contributed by atoms with Gasteiger partial charge in [0.2, 0.25) is 0 Å². The molecule has 0 aliphatic heterocycles. The Bertz CT molecular complexity index is 771. The number of aromatic nitrogens is 1. The van der Waals surface area contributed by atoms with Gasteiger partial charge < -0.3 is 0 Å². The molecule has 4 rings (SSSR count). The normalized spacial score (nSPS) is 33.7. The zero-order valence-electron chi connectivity index (χ0n) is 15.1. The van der Waals surface area contributed by atoms with Gasteiger partial charge in [-0.2, -0.15) is 0 Å². The molecule has 4 unspecified atom stereocenters. The molecule has 1 saturated carbocycles. The van der Waals surface area contributed by atoms with E-state index in [9.17, 15) is 0 Å². The first kappa shape index (κ1) is 17.0. The fourth-order valence-corrected chi connectivity index (χ4v) is 5.51. The van der Waals surface area contributed by atoms with Crippen molar-refractivity contribution in [2.75, 3.05) is 0 Å². The molecule has 0 aromatic carbocycles. The summed E-state index contributed by atoms with van der Waals surface area (Å²) >= 11 is 3.95. The lowest BCUT2D eigenvalue weighted by molar-refractivity contribution is 0.566. The second-order valence-electron chi connectivity index (χ2n) is 7.82. The van der Waals surface area contributed by atoms with Gasteiger partial charge in [-0.1, -0.05) is 70.0 Å². The first-order valence-electron chi connectivity index (χ1n) is 9.42. The van der Waals surface area contributed by atoms with Crippen LogP contribution in [0.25, 0.3) is 0 Å². The zero-order chi connectivity index (χ0) is 17.4. The summed E-state index contributed by atoms with van der Waals surface area (Å²) < 4.78 is 0. The summed E-state index contributed by atoms with van der Waals surface area (Å²) in [5, 5.41) is 0. The maximum Gasteiger partial charge on any atom is 0.0424 e. The third kappa shape index (κ3) is 3.21. The van der Waals surface area contributed by atoms with E-state index in [1.54, 1.807) is 5.57 Å². The van der Waals surface area contributed by atoms with E-state index in [-0.39, 0.29) is 0 Å². The highest BCUT2D eigenvalue weighted by Crippen LogP contribution is 2.63. The first-order chi connectivity index (χ1) is 12.1. The topological polar surface area (TPSA) is 12.9 Å². The number of pyridine rings is 1. The predicted molar refractivity (Wildman–Crippen MR) is 109 cm³/mol. The molecular formula is C23H26BrN. The number of allylic oxidation sites excluding steroid dienone is 8. The largest absolute Gasteiger partial charge is 0.265 e. The van der Waals surface area contributed by atoms with E-state index in [1.165, 1.54) is 29.6 Å². The van der Waals surface area contributed by atoms with Crippen LogP contribution in [0.2, 0.25) is 0 Å². The van der Waals surface area contributed by atoms with Crippen LogP contribution in [0.5, 0.6) is 0 Å². The highest BCUT2D eigenvalue weighted by atomic mass is 79.9. The maximum absolute atomic E-state index is 4.17. The van der Waals surface area contributed by atoms with Gasteiger partial charge in [0.1, 0.15) is 0 Å². The number of halogens is 1. The van der Waals surface area contributed by atoms with Crippen LogP contribution in [0.1, 0.15) is 51.0 Å². The van der Waals surface area contributed by atoms with Gasteiger partial charge in [0.15, 0.2) is 0 Å². The van der Waals surface area contributed by atoms with Crippen molar-refractivity contribution in [3.8, 4) is 0 Å². The Kier molecular flexibility index (Phi) is 4.58. The average Bonchev–Trinajstić information content (AvgIpc) is 3.33. The summed E-state index contributed by atoms with van der Waals surface area (Å²) in [5.74, 6) is 1.30. The molecule has 0 amide bonds. The first-order valence-corrected chi connectivity index (χ1v) is 10.3. The third-order valence-electron chi connectivity index (χ3n) is 6.30. The average molecular weight is 396 g/mol. The van der Waals surface area contributed by atoms with Gasteiger partial charge in [-0.3, -0.25) is 4.98 Å². The number of hydrogen-bond acceptors (Lipinski definition) is 1. The Labute approximate surface area is 159 Å². The minimum atomic E-state index is 0.363. The third-order valence-corrected chi connectivity index (χ3v) is 7.42. The molecule has 1 aromatic heterocycles. The fraction of sp³-hybridized carbons (Fsp3) is 0.435. The molecule has 0 saturated heterocycles. The van der Waals surface area contributed by atoms with Crippen molar-refractivity contribution in [1.82, 2.24) is 4.98 Å². The fourth-order valence-electron chi connectivity index (χ4n) is 4.46. The van der Waals surface area contributed by atoms with E-state index in [0.29, 0.717) is 16.2 Å². The number of rotatable bonds is 4. The molecule has 2 heteroatoms. The van der Waals surface area contributed by atoms with Crippen molar-refractivity contribution in [3.05, 3.63) is 77.2 Å². The van der Waals surface area contributed by atoms with Gasteiger partial charge >= 0.3 is 0 Å². The Morgan fingerprint density at radius 3 is 2.76 bits per heavy atom. The van der Waals surface area contributed by atoms with E-state index in [1.807, 2.05) is 12.4 Å². The number of nitrogens with zero attached hydrogens (tertiary/aromatic N) is 1. The second-order valence-corrected chi connectivity index (χ2v) is 8.81. The smallest absolute Gasteiger partial charge is 0.0424 e. The number of hydrogen-bond donors (Lipinski definition) is 0. The molecule has 1 fully saturated rings. The lowest BCUT2D eigenvalue weighted by atomic mass is 9.80.